The molecular formula is C21H26N4O2. The van der Waals surface area contributed by atoms with E-state index in [4.69, 9.17) is 5.73 Å². The molecule has 2 aromatic rings. The molecule has 6 heteroatoms. The molecule has 3 N–H and O–H groups in total. The predicted molar refractivity (Wildman–Crippen MR) is 107 cm³/mol. The topological polar surface area (TPSA) is 78.7 Å². The lowest BCUT2D eigenvalue weighted by Gasteiger charge is -2.32. The fourth-order valence-electron chi connectivity index (χ4n) is 3.19. The summed E-state index contributed by atoms with van der Waals surface area (Å²) >= 11 is 0. The predicted octanol–water partition coefficient (Wildman–Crippen LogP) is 2.09. The van der Waals surface area contributed by atoms with E-state index in [9.17, 15) is 9.59 Å². The lowest BCUT2D eigenvalue weighted by molar-refractivity contribution is 0.0995. The van der Waals surface area contributed by atoms with Crippen molar-refractivity contribution < 1.29 is 9.59 Å². The van der Waals surface area contributed by atoms with Crippen LogP contribution < -0.4 is 11.1 Å². The zero-order chi connectivity index (χ0) is 19.4. The Kier molecular flexibility index (Phi) is 5.88. The molecule has 0 aromatic heterocycles. The van der Waals surface area contributed by atoms with Crippen molar-refractivity contribution in [2.75, 3.05) is 38.5 Å². The Bertz CT molecular complexity index is 825. The SMILES string of the molecule is Cc1ccc(NC(=O)c2ccc(CN3CCN(C)CC3)cc2)cc1C(N)=O. The lowest BCUT2D eigenvalue weighted by Crippen LogP contribution is -2.43. The second-order valence-corrected chi connectivity index (χ2v) is 7.12. The molecule has 0 spiro atoms. The van der Waals surface area contributed by atoms with Crippen LogP contribution in [-0.2, 0) is 6.54 Å². The van der Waals surface area contributed by atoms with E-state index < -0.39 is 5.91 Å². The van der Waals surface area contributed by atoms with Gasteiger partial charge in [0.2, 0.25) is 5.91 Å². The number of anilines is 1. The summed E-state index contributed by atoms with van der Waals surface area (Å²) in [5.74, 6) is -0.711. The molecule has 0 radical (unpaired) electrons. The Labute approximate surface area is 159 Å². The van der Waals surface area contributed by atoms with Gasteiger partial charge in [0.15, 0.2) is 0 Å². The third-order valence-electron chi connectivity index (χ3n) is 4.98. The van der Waals surface area contributed by atoms with Gasteiger partial charge in [0.1, 0.15) is 0 Å². The van der Waals surface area contributed by atoms with Gasteiger partial charge < -0.3 is 16.0 Å². The van der Waals surface area contributed by atoms with Crippen LogP contribution in [0.15, 0.2) is 42.5 Å². The Morgan fingerprint density at radius 1 is 1.04 bits per heavy atom. The van der Waals surface area contributed by atoms with Crippen molar-refractivity contribution >= 4 is 17.5 Å². The van der Waals surface area contributed by atoms with Crippen molar-refractivity contribution in [3.05, 3.63) is 64.7 Å². The molecule has 27 heavy (non-hydrogen) atoms. The van der Waals surface area contributed by atoms with E-state index in [0.717, 1.165) is 38.3 Å². The zero-order valence-electron chi connectivity index (χ0n) is 15.9. The average molecular weight is 366 g/mol. The van der Waals surface area contributed by atoms with Gasteiger partial charge in [0, 0.05) is 49.5 Å². The maximum atomic E-state index is 12.5. The van der Waals surface area contributed by atoms with Crippen molar-refractivity contribution in [1.29, 1.82) is 0 Å². The largest absolute Gasteiger partial charge is 0.366 e. The second kappa shape index (κ2) is 8.33. The first-order valence-corrected chi connectivity index (χ1v) is 9.14. The normalized spacial score (nSPS) is 15.5. The van der Waals surface area contributed by atoms with Crippen molar-refractivity contribution in [3.8, 4) is 0 Å². The van der Waals surface area contributed by atoms with E-state index in [1.807, 2.05) is 31.2 Å². The van der Waals surface area contributed by atoms with Gasteiger partial charge in [0.05, 0.1) is 0 Å². The second-order valence-electron chi connectivity index (χ2n) is 7.12. The number of piperazine rings is 1. The molecular weight excluding hydrogens is 340 g/mol. The number of benzene rings is 2. The van der Waals surface area contributed by atoms with Crippen LogP contribution in [0.4, 0.5) is 5.69 Å². The van der Waals surface area contributed by atoms with E-state index in [0.29, 0.717) is 16.8 Å². The molecule has 2 aromatic carbocycles. The number of amides is 2. The van der Waals surface area contributed by atoms with E-state index in [1.165, 1.54) is 5.56 Å². The van der Waals surface area contributed by atoms with Gasteiger partial charge in [-0.05, 0) is 49.4 Å². The number of hydrogen-bond donors (Lipinski definition) is 2. The molecule has 0 unspecified atom stereocenters. The number of rotatable bonds is 5. The van der Waals surface area contributed by atoms with Crippen molar-refractivity contribution in [1.82, 2.24) is 9.80 Å². The Hall–Kier alpha value is -2.70. The first kappa shape index (κ1) is 19.1. The van der Waals surface area contributed by atoms with Crippen LogP contribution in [0, 0.1) is 6.92 Å². The third-order valence-corrected chi connectivity index (χ3v) is 4.98. The van der Waals surface area contributed by atoms with E-state index in [1.54, 1.807) is 18.2 Å². The van der Waals surface area contributed by atoms with Crippen LogP contribution in [0.1, 0.15) is 31.8 Å². The van der Waals surface area contributed by atoms with Gasteiger partial charge in [-0.3, -0.25) is 14.5 Å². The highest BCUT2D eigenvalue weighted by Crippen LogP contribution is 2.16. The molecule has 1 saturated heterocycles. The van der Waals surface area contributed by atoms with Crippen LogP contribution in [0.25, 0.3) is 0 Å². The number of nitrogens with two attached hydrogens (primary N) is 1. The maximum absolute atomic E-state index is 12.5. The highest BCUT2D eigenvalue weighted by atomic mass is 16.2. The van der Waals surface area contributed by atoms with Gasteiger partial charge in [-0.2, -0.15) is 0 Å². The Morgan fingerprint density at radius 3 is 2.33 bits per heavy atom. The Balaban J connectivity index is 1.62. The summed E-state index contributed by atoms with van der Waals surface area (Å²) in [5.41, 5.74) is 8.90. The van der Waals surface area contributed by atoms with Crippen LogP contribution >= 0.6 is 0 Å². The number of carbonyl (C=O) groups is 2. The molecule has 0 aliphatic carbocycles. The third kappa shape index (κ3) is 4.93. The molecule has 1 heterocycles. The fraction of sp³-hybridized carbons (Fsp3) is 0.333. The van der Waals surface area contributed by atoms with E-state index >= 15 is 0 Å². The molecule has 6 nitrogen and oxygen atoms in total. The molecule has 1 aliphatic rings. The summed E-state index contributed by atoms with van der Waals surface area (Å²) in [6.07, 6.45) is 0. The quantitative estimate of drug-likeness (QED) is 0.849. The molecule has 0 atom stereocenters. The Morgan fingerprint density at radius 2 is 1.70 bits per heavy atom. The van der Waals surface area contributed by atoms with Crippen LogP contribution in [0.5, 0.6) is 0 Å². The number of likely N-dealkylation sites (N-methyl/N-ethyl adjacent to an activating group) is 1. The number of aryl methyl sites for hydroxylation is 1. The highest BCUT2D eigenvalue weighted by Gasteiger charge is 2.14. The molecule has 1 aliphatic heterocycles. The molecule has 142 valence electrons. The van der Waals surface area contributed by atoms with Gasteiger partial charge in [0.25, 0.3) is 5.91 Å². The van der Waals surface area contributed by atoms with E-state index in [2.05, 4.69) is 22.2 Å². The first-order chi connectivity index (χ1) is 12.9. The number of primary amides is 1. The molecule has 1 fully saturated rings. The van der Waals surface area contributed by atoms with E-state index in [-0.39, 0.29) is 5.91 Å². The molecule has 3 rings (SSSR count). The summed E-state index contributed by atoms with van der Waals surface area (Å²) in [7, 11) is 2.14. The van der Waals surface area contributed by atoms with Crippen LogP contribution in [0.2, 0.25) is 0 Å². The summed E-state index contributed by atoms with van der Waals surface area (Å²) in [6, 6.07) is 12.8. The summed E-state index contributed by atoms with van der Waals surface area (Å²) < 4.78 is 0. The molecule has 2 amide bonds. The average Bonchev–Trinajstić information content (AvgIpc) is 2.65. The van der Waals surface area contributed by atoms with Gasteiger partial charge in [-0.15, -0.1) is 0 Å². The van der Waals surface area contributed by atoms with Crippen LogP contribution in [0.3, 0.4) is 0 Å². The van der Waals surface area contributed by atoms with Gasteiger partial charge >= 0.3 is 0 Å². The number of hydrogen-bond acceptors (Lipinski definition) is 4. The highest BCUT2D eigenvalue weighted by molar-refractivity contribution is 6.05. The minimum atomic E-state index is -0.503. The maximum Gasteiger partial charge on any atom is 0.255 e. The monoisotopic (exact) mass is 366 g/mol. The lowest BCUT2D eigenvalue weighted by atomic mass is 10.1. The fourth-order valence-corrected chi connectivity index (χ4v) is 3.19. The van der Waals surface area contributed by atoms with Crippen LogP contribution in [-0.4, -0.2) is 54.8 Å². The summed E-state index contributed by atoms with van der Waals surface area (Å²) in [6.45, 7) is 7.01. The minimum Gasteiger partial charge on any atom is -0.366 e. The van der Waals surface area contributed by atoms with Crippen molar-refractivity contribution in [2.45, 2.75) is 13.5 Å². The first-order valence-electron chi connectivity index (χ1n) is 9.14. The molecule has 0 bridgehead atoms. The summed E-state index contributed by atoms with van der Waals surface area (Å²) in [4.78, 5) is 28.7. The zero-order valence-corrected chi connectivity index (χ0v) is 15.9. The number of nitrogens with one attached hydrogen (secondary N) is 1. The number of carbonyl (C=O) groups excluding carboxylic acids is 2. The van der Waals surface area contributed by atoms with Crippen molar-refractivity contribution in [3.63, 3.8) is 0 Å². The number of nitrogens with zero attached hydrogens (tertiary/aromatic N) is 2. The van der Waals surface area contributed by atoms with Gasteiger partial charge in [-0.25, -0.2) is 0 Å². The van der Waals surface area contributed by atoms with Crippen molar-refractivity contribution in [2.24, 2.45) is 5.73 Å². The smallest absolute Gasteiger partial charge is 0.255 e. The summed E-state index contributed by atoms with van der Waals surface area (Å²) in [5, 5.41) is 2.82. The standard InChI is InChI=1S/C21H26N4O2/c1-15-3-8-18(13-19(15)20(22)26)23-21(27)17-6-4-16(5-7-17)14-25-11-9-24(2)10-12-25/h3-8,13H,9-12,14H2,1-2H3,(H2,22,26)(H,23,27). The minimum absolute atomic E-state index is 0.208. The molecule has 0 saturated carbocycles. The van der Waals surface area contributed by atoms with Gasteiger partial charge in [-0.1, -0.05) is 18.2 Å².